The third kappa shape index (κ3) is 7.53. The lowest BCUT2D eigenvalue weighted by molar-refractivity contribution is -0.150. The molecule has 1 aliphatic heterocycles. The van der Waals surface area contributed by atoms with E-state index in [4.69, 9.17) is 9.47 Å². The van der Waals surface area contributed by atoms with E-state index < -0.39 is 5.41 Å². The smallest absolute Gasteiger partial charge is 0.306 e. The Bertz CT molecular complexity index is 499. The summed E-state index contributed by atoms with van der Waals surface area (Å²) in [7, 11) is 0. The van der Waals surface area contributed by atoms with Crippen molar-refractivity contribution in [3.05, 3.63) is 0 Å². The Morgan fingerprint density at radius 2 is 1.56 bits per heavy atom. The zero-order valence-corrected chi connectivity index (χ0v) is 19.0. The molecule has 5 nitrogen and oxygen atoms in total. The molecule has 0 unspecified atom stereocenters. The largest absolute Gasteiger partial charge is 0.464 e. The third-order valence-electron chi connectivity index (χ3n) is 5.35. The van der Waals surface area contributed by atoms with E-state index in [9.17, 15) is 9.59 Å². The lowest BCUT2D eigenvalue weighted by Gasteiger charge is -2.55. The van der Waals surface area contributed by atoms with Gasteiger partial charge in [-0.25, -0.2) is 0 Å². The molecular weight excluding hydrogens is 342 g/mol. The molecule has 0 bridgehead atoms. The monoisotopic (exact) mass is 383 g/mol. The highest BCUT2D eigenvalue weighted by atomic mass is 16.5. The summed E-state index contributed by atoms with van der Waals surface area (Å²) in [5, 5.41) is 0. The molecule has 0 atom stereocenters. The van der Waals surface area contributed by atoms with Gasteiger partial charge in [0.1, 0.15) is 12.4 Å². The molecule has 1 rings (SSSR count). The maximum absolute atomic E-state index is 12.0. The maximum atomic E-state index is 12.0. The maximum Gasteiger partial charge on any atom is 0.306 e. The fourth-order valence-corrected chi connectivity index (χ4v) is 4.23. The molecule has 0 saturated carbocycles. The van der Waals surface area contributed by atoms with Gasteiger partial charge in [-0.15, -0.1) is 0 Å². The molecule has 5 heteroatoms. The van der Waals surface area contributed by atoms with Crippen molar-refractivity contribution in [3.8, 4) is 0 Å². The van der Waals surface area contributed by atoms with Gasteiger partial charge in [-0.3, -0.25) is 14.5 Å². The first-order valence-corrected chi connectivity index (χ1v) is 10.3. The van der Waals surface area contributed by atoms with Crippen LogP contribution in [-0.4, -0.2) is 53.1 Å². The zero-order valence-electron chi connectivity index (χ0n) is 19.0. The molecule has 27 heavy (non-hydrogen) atoms. The molecule has 0 N–H and O–H groups in total. The van der Waals surface area contributed by atoms with Crippen molar-refractivity contribution < 1.29 is 19.1 Å². The van der Waals surface area contributed by atoms with Crippen LogP contribution in [0, 0.1) is 5.41 Å². The Kier molecular flexibility index (Phi) is 8.07. The van der Waals surface area contributed by atoms with Gasteiger partial charge in [0.25, 0.3) is 0 Å². The van der Waals surface area contributed by atoms with Crippen molar-refractivity contribution in [1.82, 2.24) is 4.90 Å². The van der Waals surface area contributed by atoms with Crippen LogP contribution in [-0.2, 0) is 19.1 Å². The van der Waals surface area contributed by atoms with E-state index in [-0.39, 0.29) is 47.9 Å². The van der Waals surface area contributed by atoms with Crippen LogP contribution in [0.25, 0.3) is 0 Å². The molecule has 0 amide bonds. The number of Topliss-reactive ketones (excluding diaryl/α,β-unsaturated/α-hetero) is 1. The fourth-order valence-electron chi connectivity index (χ4n) is 4.23. The molecule has 0 aliphatic carbocycles. The van der Waals surface area contributed by atoms with Gasteiger partial charge in [-0.2, -0.15) is 0 Å². The lowest BCUT2D eigenvalue weighted by atomic mass is 9.78. The lowest BCUT2D eigenvalue weighted by Crippen LogP contribution is -2.63. The second-order valence-corrected chi connectivity index (χ2v) is 10.4. The Morgan fingerprint density at radius 3 is 2.00 bits per heavy atom. The van der Waals surface area contributed by atoms with Crippen LogP contribution in [0.5, 0.6) is 0 Å². The van der Waals surface area contributed by atoms with E-state index in [2.05, 4.69) is 46.4 Å². The average Bonchev–Trinajstić information content (AvgIpc) is 2.44. The molecule has 1 heterocycles. The van der Waals surface area contributed by atoms with Gasteiger partial charge in [0.05, 0.1) is 18.6 Å². The van der Waals surface area contributed by atoms with E-state index in [1.54, 1.807) is 0 Å². The Morgan fingerprint density at radius 1 is 1.04 bits per heavy atom. The summed E-state index contributed by atoms with van der Waals surface area (Å²) in [6.07, 6.45) is 2.80. The SMILES string of the molecule is CC(C)OC1CC(C)(C)N(CCOC(=O)CCC(=O)C(C)(C)C)C(C)(C)C1. The van der Waals surface area contributed by atoms with E-state index in [1.807, 2.05) is 20.8 Å². The highest BCUT2D eigenvalue weighted by Gasteiger charge is 2.45. The molecule has 1 saturated heterocycles. The van der Waals surface area contributed by atoms with Crippen molar-refractivity contribution in [2.45, 2.75) is 111 Å². The normalized spacial score (nSPS) is 20.7. The topological polar surface area (TPSA) is 55.8 Å². The molecular formula is C22H41NO4. The first-order valence-electron chi connectivity index (χ1n) is 10.3. The molecule has 1 fully saturated rings. The second kappa shape index (κ2) is 9.04. The van der Waals surface area contributed by atoms with Gasteiger partial charge in [-0.1, -0.05) is 20.8 Å². The number of piperidine rings is 1. The third-order valence-corrected chi connectivity index (χ3v) is 5.35. The molecule has 0 spiro atoms. The van der Waals surface area contributed by atoms with Gasteiger partial charge in [0, 0.05) is 29.5 Å². The quantitative estimate of drug-likeness (QED) is 0.583. The number of likely N-dealkylation sites (tertiary alicyclic amines) is 1. The van der Waals surface area contributed by atoms with E-state index in [0.29, 0.717) is 13.2 Å². The summed E-state index contributed by atoms with van der Waals surface area (Å²) >= 11 is 0. The van der Waals surface area contributed by atoms with E-state index >= 15 is 0 Å². The number of ether oxygens (including phenoxy) is 2. The fraction of sp³-hybridized carbons (Fsp3) is 0.909. The van der Waals surface area contributed by atoms with E-state index in [1.165, 1.54) is 0 Å². The van der Waals surface area contributed by atoms with Gasteiger partial charge >= 0.3 is 5.97 Å². The standard InChI is InChI=1S/C22H41NO4/c1-16(2)27-17-14-21(6,7)23(22(8,9)15-17)12-13-26-19(25)11-10-18(24)20(3,4)5/h16-17H,10-15H2,1-9H3. The summed E-state index contributed by atoms with van der Waals surface area (Å²) in [6, 6.07) is 0. The molecule has 158 valence electrons. The second-order valence-electron chi connectivity index (χ2n) is 10.4. The van der Waals surface area contributed by atoms with Crippen LogP contribution in [0.15, 0.2) is 0 Å². The number of hydrogen-bond donors (Lipinski definition) is 0. The molecule has 0 aromatic heterocycles. The molecule has 1 aliphatic rings. The summed E-state index contributed by atoms with van der Waals surface area (Å²) in [4.78, 5) is 26.4. The number of rotatable bonds is 8. The number of esters is 1. The summed E-state index contributed by atoms with van der Waals surface area (Å²) in [5.74, 6) is -0.199. The molecule has 0 aromatic rings. The van der Waals surface area contributed by atoms with Crippen LogP contribution in [0.4, 0.5) is 0 Å². The predicted molar refractivity (Wildman–Crippen MR) is 109 cm³/mol. The minimum absolute atomic E-state index is 0.0318. The molecule has 0 aromatic carbocycles. The number of nitrogens with zero attached hydrogens (tertiary/aromatic N) is 1. The highest BCUT2D eigenvalue weighted by molar-refractivity contribution is 5.86. The molecule has 0 radical (unpaired) electrons. The van der Waals surface area contributed by atoms with Crippen molar-refractivity contribution in [2.24, 2.45) is 5.41 Å². The van der Waals surface area contributed by atoms with Crippen LogP contribution >= 0.6 is 0 Å². The average molecular weight is 384 g/mol. The van der Waals surface area contributed by atoms with Crippen LogP contribution in [0.3, 0.4) is 0 Å². The first-order chi connectivity index (χ1) is 12.1. The van der Waals surface area contributed by atoms with Crippen LogP contribution in [0.2, 0.25) is 0 Å². The van der Waals surface area contributed by atoms with Gasteiger partial charge in [0.2, 0.25) is 0 Å². The number of hydrogen-bond acceptors (Lipinski definition) is 5. The van der Waals surface area contributed by atoms with Gasteiger partial charge in [0.15, 0.2) is 0 Å². The zero-order chi connectivity index (χ0) is 21.0. The number of ketones is 1. The van der Waals surface area contributed by atoms with E-state index in [0.717, 1.165) is 12.8 Å². The number of carbonyl (C=O) groups excluding carboxylic acids is 2. The van der Waals surface area contributed by atoms with Crippen molar-refractivity contribution >= 4 is 11.8 Å². The van der Waals surface area contributed by atoms with Gasteiger partial charge in [-0.05, 0) is 54.4 Å². The first kappa shape index (κ1) is 24.1. The van der Waals surface area contributed by atoms with Crippen LogP contribution < -0.4 is 0 Å². The minimum atomic E-state index is -0.406. The Balaban J connectivity index is 2.53. The Labute approximate surface area is 166 Å². The van der Waals surface area contributed by atoms with Crippen molar-refractivity contribution in [3.63, 3.8) is 0 Å². The highest BCUT2D eigenvalue weighted by Crippen LogP contribution is 2.39. The number of carbonyl (C=O) groups is 2. The predicted octanol–water partition coefficient (Wildman–Crippen LogP) is 4.37. The summed E-state index contributed by atoms with van der Waals surface area (Å²) < 4.78 is 11.5. The summed E-state index contributed by atoms with van der Waals surface area (Å²) in [5.41, 5.74) is -0.470. The van der Waals surface area contributed by atoms with Gasteiger partial charge < -0.3 is 9.47 Å². The minimum Gasteiger partial charge on any atom is -0.464 e. The Hall–Kier alpha value is -0.940. The summed E-state index contributed by atoms with van der Waals surface area (Å²) in [6.45, 7) is 19.7. The van der Waals surface area contributed by atoms with Crippen molar-refractivity contribution in [1.29, 1.82) is 0 Å². The van der Waals surface area contributed by atoms with Crippen molar-refractivity contribution in [2.75, 3.05) is 13.2 Å². The van der Waals surface area contributed by atoms with Crippen LogP contribution in [0.1, 0.15) is 88.0 Å².